The Kier molecular flexibility index (Phi) is 3.09. The molecule has 108 valence electrons. The average Bonchev–Trinajstić information content (AvgIpc) is 3.12. The Bertz CT molecular complexity index is 909. The highest BCUT2D eigenvalue weighted by atomic mass is 79.9. The van der Waals surface area contributed by atoms with Crippen LogP contribution in [0.1, 0.15) is 29.2 Å². The van der Waals surface area contributed by atoms with E-state index in [2.05, 4.69) is 43.5 Å². The van der Waals surface area contributed by atoms with Crippen molar-refractivity contribution < 1.29 is 0 Å². The van der Waals surface area contributed by atoms with Crippen molar-refractivity contribution in [1.29, 1.82) is 5.26 Å². The highest BCUT2D eigenvalue weighted by Gasteiger charge is 2.24. The van der Waals surface area contributed by atoms with Crippen molar-refractivity contribution in [3.8, 4) is 6.07 Å². The Balaban J connectivity index is 1.68. The molecule has 2 aromatic heterocycles. The third kappa shape index (κ3) is 2.06. The molecular weight excluding hydrogens is 342 g/mol. The van der Waals surface area contributed by atoms with E-state index in [0.29, 0.717) is 0 Å². The number of nitriles is 1. The minimum absolute atomic E-state index is 0.194. The van der Waals surface area contributed by atoms with E-state index in [-0.39, 0.29) is 6.04 Å². The third-order valence-electron chi connectivity index (χ3n) is 4.04. The maximum absolute atomic E-state index is 9.21. The smallest absolute Gasteiger partial charge is 0.171 e. The van der Waals surface area contributed by atoms with Crippen molar-refractivity contribution in [2.75, 3.05) is 5.32 Å². The minimum atomic E-state index is 0.194. The Morgan fingerprint density at radius 2 is 2.27 bits per heavy atom. The van der Waals surface area contributed by atoms with E-state index in [1.807, 2.05) is 24.4 Å². The molecule has 1 atom stereocenters. The van der Waals surface area contributed by atoms with E-state index in [0.717, 1.165) is 39.9 Å². The fourth-order valence-electron chi connectivity index (χ4n) is 3.01. The van der Waals surface area contributed by atoms with Gasteiger partial charge in [-0.25, -0.2) is 9.50 Å². The van der Waals surface area contributed by atoms with Crippen LogP contribution < -0.4 is 5.32 Å². The maximum atomic E-state index is 9.21. The van der Waals surface area contributed by atoms with E-state index in [1.165, 1.54) is 5.56 Å². The average molecular weight is 354 g/mol. The van der Waals surface area contributed by atoms with Gasteiger partial charge in [0.25, 0.3) is 0 Å². The lowest BCUT2D eigenvalue weighted by atomic mass is 10.0. The van der Waals surface area contributed by atoms with Gasteiger partial charge in [-0.3, -0.25) is 0 Å². The quantitative estimate of drug-likeness (QED) is 0.765. The van der Waals surface area contributed by atoms with Crippen LogP contribution in [0.2, 0.25) is 0 Å². The summed E-state index contributed by atoms with van der Waals surface area (Å²) in [5.74, 6) is 0.814. The van der Waals surface area contributed by atoms with Crippen LogP contribution in [0.5, 0.6) is 0 Å². The molecule has 0 unspecified atom stereocenters. The van der Waals surface area contributed by atoms with Crippen molar-refractivity contribution in [3.63, 3.8) is 0 Å². The Morgan fingerprint density at radius 1 is 1.36 bits per heavy atom. The molecule has 0 fully saturated rings. The fourth-order valence-corrected chi connectivity index (χ4v) is 3.37. The second-order valence-corrected chi connectivity index (χ2v) is 6.15. The zero-order valence-electron chi connectivity index (χ0n) is 11.6. The number of hydrogen-bond donors (Lipinski definition) is 1. The molecule has 1 N–H and O–H groups in total. The molecule has 0 bridgehead atoms. The molecule has 1 aliphatic rings. The summed E-state index contributed by atoms with van der Waals surface area (Å²) < 4.78 is 2.60. The van der Waals surface area contributed by atoms with Crippen molar-refractivity contribution in [3.05, 3.63) is 57.8 Å². The Labute approximate surface area is 135 Å². The normalized spacial score (nSPS) is 16.5. The first kappa shape index (κ1) is 13.3. The van der Waals surface area contributed by atoms with E-state index in [9.17, 15) is 5.26 Å². The molecule has 3 aromatic rings. The van der Waals surface area contributed by atoms with Gasteiger partial charge < -0.3 is 5.32 Å². The van der Waals surface area contributed by atoms with E-state index in [1.54, 1.807) is 10.7 Å². The van der Waals surface area contributed by atoms with Crippen molar-refractivity contribution in [2.24, 2.45) is 0 Å². The SMILES string of the molecule is N#Cc1cccc2c1CC[C@H]2Nc1ccn2ncc(Br)c2n1. The van der Waals surface area contributed by atoms with Gasteiger partial charge in [-0.2, -0.15) is 10.4 Å². The summed E-state index contributed by atoms with van der Waals surface area (Å²) in [6, 6.07) is 10.3. The van der Waals surface area contributed by atoms with Crippen LogP contribution >= 0.6 is 15.9 Å². The molecule has 4 rings (SSSR count). The fraction of sp³-hybridized carbons (Fsp3) is 0.188. The zero-order valence-corrected chi connectivity index (χ0v) is 13.2. The number of anilines is 1. The molecule has 0 spiro atoms. The van der Waals surface area contributed by atoms with Crippen LogP contribution in [0.3, 0.4) is 0 Å². The summed E-state index contributed by atoms with van der Waals surface area (Å²) in [5.41, 5.74) is 3.93. The first-order valence-corrected chi connectivity index (χ1v) is 7.84. The van der Waals surface area contributed by atoms with Gasteiger partial charge in [0, 0.05) is 6.20 Å². The number of fused-ring (bicyclic) bond motifs is 2. The third-order valence-corrected chi connectivity index (χ3v) is 4.60. The number of aromatic nitrogens is 3. The van der Waals surface area contributed by atoms with Gasteiger partial charge in [0.2, 0.25) is 0 Å². The first-order valence-electron chi connectivity index (χ1n) is 7.04. The van der Waals surface area contributed by atoms with E-state index in [4.69, 9.17) is 0 Å². The van der Waals surface area contributed by atoms with Crippen LogP contribution in [0.4, 0.5) is 5.82 Å². The predicted octanol–water partition coefficient (Wildman–Crippen LogP) is 3.46. The minimum Gasteiger partial charge on any atom is -0.363 e. The molecular formula is C16H12BrN5. The van der Waals surface area contributed by atoms with Crippen LogP contribution in [0.25, 0.3) is 5.65 Å². The number of nitrogens with zero attached hydrogens (tertiary/aromatic N) is 4. The monoisotopic (exact) mass is 353 g/mol. The summed E-state index contributed by atoms with van der Waals surface area (Å²) in [5, 5.41) is 16.9. The molecule has 0 radical (unpaired) electrons. The molecule has 22 heavy (non-hydrogen) atoms. The summed E-state index contributed by atoms with van der Waals surface area (Å²) in [6.45, 7) is 0. The summed E-state index contributed by atoms with van der Waals surface area (Å²) in [7, 11) is 0. The van der Waals surface area contributed by atoms with Gasteiger partial charge in [0.1, 0.15) is 5.82 Å². The number of rotatable bonds is 2. The Morgan fingerprint density at radius 3 is 3.14 bits per heavy atom. The molecule has 0 saturated carbocycles. The van der Waals surface area contributed by atoms with Crippen molar-refractivity contribution >= 4 is 27.4 Å². The number of benzene rings is 1. The van der Waals surface area contributed by atoms with E-state index < -0.39 is 0 Å². The van der Waals surface area contributed by atoms with Crippen LogP contribution in [0.15, 0.2) is 41.1 Å². The largest absolute Gasteiger partial charge is 0.363 e. The predicted molar refractivity (Wildman–Crippen MR) is 86.5 cm³/mol. The van der Waals surface area contributed by atoms with Gasteiger partial charge >= 0.3 is 0 Å². The zero-order chi connectivity index (χ0) is 15.1. The lowest BCUT2D eigenvalue weighted by molar-refractivity contribution is 0.756. The van der Waals surface area contributed by atoms with Gasteiger partial charge in [0.05, 0.1) is 28.3 Å². The number of halogens is 1. The highest BCUT2D eigenvalue weighted by molar-refractivity contribution is 9.10. The van der Waals surface area contributed by atoms with E-state index >= 15 is 0 Å². The summed E-state index contributed by atoms with van der Waals surface area (Å²) in [6.07, 6.45) is 5.52. The molecule has 1 aromatic carbocycles. The molecule has 6 heteroatoms. The molecule has 1 aliphatic carbocycles. The van der Waals surface area contributed by atoms with Gasteiger partial charge in [0.15, 0.2) is 5.65 Å². The maximum Gasteiger partial charge on any atom is 0.171 e. The summed E-state index contributed by atoms with van der Waals surface area (Å²) in [4.78, 5) is 4.59. The Hall–Kier alpha value is -2.39. The van der Waals surface area contributed by atoms with Gasteiger partial charge in [-0.05, 0) is 52.0 Å². The molecule has 0 saturated heterocycles. The lowest BCUT2D eigenvalue weighted by Gasteiger charge is -2.15. The standard InChI is InChI=1S/C16H12BrN5/c17-13-9-19-22-7-6-15(21-16(13)22)20-14-5-4-11-10(8-18)2-1-3-12(11)14/h1-3,6-7,9,14H,4-5H2,(H,20,21)/t14-/m1/s1. The molecule has 2 heterocycles. The number of hydrogen-bond acceptors (Lipinski definition) is 4. The molecule has 0 amide bonds. The molecule has 0 aliphatic heterocycles. The molecule has 5 nitrogen and oxygen atoms in total. The first-order chi connectivity index (χ1) is 10.8. The van der Waals surface area contributed by atoms with Gasteiger partial charge in [-0.1, -0.05) is 12.1 Å². The van der Waals surface area contributed by atoms with Crippen LogP contribution in [0, 0.1) is 11.3 Å². The van der Waals surface area contributed by atoms with Crippen molar-refractivity contribution in [1.82, 2.24) is 14.6 Å². The summed E-state index contributed by atoms with van der Waals surface area (Å²) >= 11 is 3.45. The topological polar surface area (TPSA) is 66.0 Å². The van der Waals surface area contributed by atoms with Crippen LogP contribution in [-0.2, 0) is 6.42 Å². The van der Waals surface area contributed by atoms with Crippen LogP contribution in [-0.4, -0.2) is 14.6 Å². The lowest BCUT2D eigenvalue weighted by Crippen LogP contribution is -2.09. The number of nitrogens with one attached hydrogen (secondary N) is 1. The van der Waals surface area contributed by atoms with Gasteiger partial charge in [-0.15, -0.1) is 0 Å². The van der Waals surface area contributed by atoms with Crippen molar-refractivity contribution in [2.45, 2.75) is 18.9 Å². The second-order valence-electron chi connectivity index (χ2n) is 5.29. The highest BCUT2D eigenvalue weighted by Crippen LogP contribution is 2.35. The second kappa shape index (κ2) is 5.11.